The molecule has 0 aliphatic heterocycles. The number of furan rings is 1. The largest absolute Gasteiger partial charge is 0.467 e. The molecule has 1 N–H and O–H groups in total. The van der Waals surface area contributed by atoms with Gasteiger partial charge in [-0.15, -0.1) is 11.3 Å². The number of aromatic nitrogens is 2. The van der Waals surface area contributed by atoms with Crippen molar-refractivity contribution in [3.8, 4) is 0 Å². The minimum absolute atomic E-state index is 0.0317. The molecule has 6 nitrogen and oxygen atoms in total. The Morgan fingerprint density at radius 2 is 2.32 bits per heavy atom. The SMILES string of the molecule is CCCC(C)NC(=O)CSc1nc2sc3c(c2c(=O)n1Cc1ccco1)CCC(C)C3. The Kier molecular flexibility index (Phi) is 6.86. The zero-order chi connectivity index (χ0) is 22.0. The van der Waals surface area contributed by atoms with Gasteiger partial charge in [0, 0.05) is 10.9 Å². The van der Waals surface area contributed by atoms with E-state index in [4.69, 9.17) is 9.40 Å². The van der Waals surface area contributed by atoms with Gasteiger partial charge in [0.25, 0.3) is 5.56 Å². The van der Waals surface area contributed by atoms with E-state index in [0.29, 0.717) is 23.4 Å². The summed E-state index contributed by atoms with van der Waals surface area (Å²) in [5.74, 6) is 1.52. The van der Waals surface area contributed by atoms with Crippen molar-refractivity contribution >= 4 is 39.2 Å². The summed E-state index contributed by atoms with van der Waals surface area (Å²) < 4.78 is 7.17. The molecule has 4 rings (SSSR count). The molecule has 0 saturated heterocycles. The van der Waals surface area contributed by atoms with E-state index in [1.54, 1.807) is 22.2 Å². The summed E-state index contributed by atoms with van der Waals surface area (Å²) in [6, 6.07) is 3.81. The molecule has 3 aromatic rings. The smallest absolute Gasteiger partial charge is 0.263 e. The topological polar surface area (TPSA) is 77.1 Å². The summed E-state index contributed by atoms with van der Waals surface area (Å²) in [7, 11) is 0. The van der Waals surface area contributed by atoms with Gasteiger partial charge in [-0.05, 0) is 56.2 Å². The predicted molar refractivity (Wildman–Crippen MR) is 126 cm³/mol. The first kappa shape index (κ1) is 22.1. The van der Waals surface area contributed by atoms with Crippen LogP contribution in [0.1, 0.15) is 56.2 Å². The number of thiophene rings is 1. The lowest BCUT2D eigenvalue weighted by Crippen LogP contribution is -2.34. The van der Waals surface area contributed by atoms with Crippen LogP contribution in [-0.2, 0) is 24.2 Å². The molecule has 3 aromatic heterocycles. The van der Waals surface area contributed by atoms with Crippen LogP contribution in [0.2, 0.25) is 0 Å². The number of thioether (sulfide) groups is 1. The Balaban J connectivity index is 1.67. The normalized spacial score (nSPS) is 16.9. The number of fused-ring (bicyclic) bond motifs is 3. The Bertz CT molecular complexity index is 1120. The maximum atomic E-state index is 13.6. The van der Waals surface area contributed by atoms with Crippen molar-refractivity contribution in [2.75, 3.05) is 5.75 Å². The molecule has 166 valence electrons. The molecule has 1 aliphatic carbocycles. The number of hydrogen-bond donors (Lipinski definition) is 1. The highest BCUT2D eigenvalue weighted by Gasteiger charge is 2.25. The van der Waals surface area contributed by atoms with Crippen molar-refractivity contribution in [1.29, 1.82) is 0 Å². The van der Waals surface area contributed by atoms with E-state index in [0.717, 1.165) is 42.3 Å². The fourth-order valence-corrected chi connectivity index (χ4v) is 6.40. The Hall–Kier alpha value is -2.06. The molecule has 1 amide bonds. The van der Waals surface area contributed by atoms with Crippen LogP contribution in [0.25, 0.3) is 10.2 Å². The minimum atomic E-state index is -0.0378. The van der Waals surface area contributed by atoms with Crippen LogP contribution in [0.3, 0.4) is 0 Å². The second-order valence-corrected chi connectivity index (χ2v) is 10.5. The predicted octanol–water partition coefficient (Wildman–Crippen LogP) is 4.62. The molecule has 0 aromatic carbocycles. The first-order valence-electron chi connectivity index (χ1n) is 11.0. The molecular formula is C23H29N3O3S2. The monoisotopic (exact) mass is 459 g/mol. The fraction of sp³-hybridized carbons (Fsp3) is 0.522. The van der Waals surface area contributed by atoms with Crippen molar-refractivity contribution in [2.45, 2.75) is 70.6 Å². The van der Waals surface area contributed by atoms with Gasteiger partial charge in [0.05, 0.1) is 23.9 Å². The summed E-state index contributed by atoms with van der Waals surface area (Å²) in [4.78, 5) is 32.9. The first-order valence-corrected chi connectivity index (χ1v) is 12.8. The summed E-state index contributed by atoms with van der Waals surface area (Å²) in [6.07, 6.45) is 6.62. The molecule has 2 unspecified atom stereocenters. The van der Waals surface area contributed by atoms with E-state index in [2.05, 4.69) is 19.2 Å². The molecule has 0 saturated carbocycles. The number of hydrogen-bond acceptors (Lipinski definition) is 6. The van der Waals surface area contributed by atoms with Crippen molar-refractivity contribution in [3.05, 3.63) is 45.0 Å². The third-order valence-electron chi connectivity index (χ3n) is 5.74. The van der Waals surface area contributed by atoms with Crippen molar-refractivity contribution in [3.63, 3.8) is 0 Å². The van der Waals surface area contributed by atoms with E-state index in [1.807, 2.05) is 19.1 Å². The van der Waals surface area contributed by atoms with Gasteiger partial charge in [-0.3, -0.25) is 14.2 Å². The van der Waals surface area contributed by atoms with Gasteiger partial charge >= 0.3 is 0 Å². The highest BCUT2D eigenvalue weighted by atomic mass is 32.2. The Morgan fingerprint density at radius 1 is 1.48 bits per heavy atom. The van der Waals surface area contributed by atoms with Crippen molar-refractivity contribution < 1.29 is 9.21 Å². The molecule has 0 radical (unpaired) electrons. The Morgan fingerprint density at radius 3 is 3.06 bits per heavy atom. The number of nitrogens with zero attached hydrogens (tertiary/aromatic N) is 2. The zero-order valence-corrected chi connectivity index (χ0v) is 19.9. The van der Waals surface area contributed by atoms with Gasteiger partial charge in [0.2, 0.25) is 5.91 Å². The third-order valence-corrected chi connectivity index (χ3v) is 7.86. The minimum Gasteiger partial charge on any atom is -0.467 e. The molecule has 31 heavy (non-hydrogen) atoms. The number of amides is 1. The van der Waals surface area contributed by atoms with E-state index in [1.165, 1.54) is 22.2 Å². The van der Waals surface area contributed by atoms with Crippen LogP contribution < -0.4 is 10.9 Å². The van der Waals surface area contributed by atoms with Crippen LogP contribution in [0.15, 0.2) is 32.8 Å². The highest BCUT2D eigenvalue weighted by molar-refractivity contribution is 7.99. The van der Waals surface area contributed by atoms with Crippen LogP contribution in [-0.4, -0.2) is 27.3 Å². The quantitative estimate of drug-likeness (QED) is 0.393. The summed E-state index contributed by atoms with van der Waals surface area (Å²) >= 11 is 2.96. The summed E-state index contributed by atoms with van der Waals surface area (Å²) in [6.45, 7) is 6.69. The van der Waals surface area contributed by atoms with Gasteiger partial charge in [-0.2, -0.15) is 0 Å². The molecule has 0 bridgehead atoms. The van der Waals surface area contributed by atoms with Crippen molar-refractivity contribution in [2.24, 2.45) is 5.92 Å². The second kappa shape index (κ2) is 9.61. The molecular weight excluding hydrogens is 430 g/mol. The molecule has 1 aliphatic rings. The maximum Gasteiger partial charge on any atom is 0.263 e. The average Bonchev–Trinajstić information content (AvgIpc) is 3.35. The zero-order valence-electron chi connectivity index (χ0n) is 18.3. The molecule has 0 spiro atoms. The van der Waals surface area contributed by atoms with Crippen LogP contribution in [0.4, 0.5) is 0 Å². The lowest BCUT2D eigenvalue weighted by atomic mass is 9.89. The number of carbonyl (C=O) groups is 1. The van der Waals surface area contributed by atoms with Crippen LogP contribution in [0, 0.1) is 5.92 Å². The lowest BCUT2D eigenvalue weighted by molar-refractivity contribution is -0.119. The highest BCUT2D eigenvalue weighted by Crippen LogP contribution is 2.36. The summed E-state index contributed by atoms with van der Waals surface area (Å²) in [5.41, 5.74) is 1.14. The molecule has 8 heteroatoms. The first-order chi connectivity index (χ1) is 15.0. The van der Waals surface area contributed by atoms with Gasteiger partial charge in [-0.1, -0.05) is 32.0 Å². The van der Waals surface area contributed by atoms with Gasteiger partial charge < -0.3 is 9.73 Å². The van der Waals surface area contributed by atoms with E-state index in [9.17, 15) is 9.59 Å². The maximum absolute atomic E-state index is 13.6. The average molecular weight is 460 g/mol. The number of nitrogens with one attached hydrogen (secondary N) is 1. The number of rotatable bonds is 8. The van der Waals surface area contributed by atoms with Gasteiger partial charge in [0.15, 0.2) is 5.16 Å². The number of carbonyl (C=O) groups excluding carboxylic acids is 1. The Labute approximate surface area is 190 Å². The van der Waals surface area contributed by atoms with Crippen molar-refractivity contribution in [1.82, 2.24) is 14.9 Å². The summed E-state index contributed by atoms with van der Waals surface area (Å²) in [5, 5.41) is 4.34. The number of aryl methyl sites for hydroxylation is 1. The van der Waals surface area contributed by atoms with Crippen LogP contribution in [0.5, 0.6) is 0 Å². The molecule has 3 heterocycles. The van der Waals surface area contributed by atoms with Gasteiger partial charge in [-0.25, -0.2) is 4.98 Å². The second-order valence-electron chi connectivity index (χ2n) is 8.44. The van der Waals surface area contributed by atoms with E-state index >= 15 is 0 Å². The fourth-order valence-electron chi connectivity index (χ4n) is 4.16. The molecule has 0 fully saturated rings. The standard InChI is InChI=1S/C23H29N3O3S2/c1-4-6-15(3)24-19(27)13-30-23-25-21-20(17-9-8-14(2)11-18(17)31-21)22(28)26(23)12-16-7-5-10-29-16/h5,7,10,14-15H,4,6,8-9,11-13H2,1-3H3,(H,24,27). The third kappa shape index (κ3) is 4.90. The van der Waals surface area contributed by atoms with Gasteiger partial charge in [0.1, 0.15) is 10.6 Å². The molecule has 2 atom stereocenters. The lowest BCUT2D eigenvalue weighted by Gasteiger charge is -2.17. The van der Waals surface area contributed by atoms with E-state index in [-0.39, 0.29) is 23.3 Å². The van der Waals surface area contributed by atoms with Crippen LogP contribution >= 0.6 is 23.1 Å². The van der Waals surface area contributed by atoms with E-state index < -0.39 is 0 Å².